The van der Waals surface area contributed by atoms with Gasteiger partial charge < -0.3 is 10.1 Å². The molecule has 3 atom stereocenters. The number of nitrogens with zero attached hydrogens (tertiary/aromatic N) is 5. The van der Waals surface area contributed by atoms with Crippen LogP contribution in [0.15, 0.2) is 52.4 Å². The number of anilines is 1. The quantitative estimate of drug-likeness (QED) is 0.523. The van der Waals surface area contributed by atoms with Crippen molar-refractivity contribution in [3.05, 3.63) is 64.4 Å². The second kappa shape index (κ2) is 10.9. The van der Waals surface area contributed by atoms with Gasteiger partial charge in [0, 0.05) is 41.6 Å². The molecule has 2 aromatic carbocycles. The monoisotopic (exact) mass is 626 g/mol. The van der Waals surface area contributed by atoms with E-state index in [1.54, 1.807) is 25.1 Å². The van der Waals surface area contributed by atoms with Crippen molar-refractivity contribution in [1.29, 1.82) is 5.26 Å². The minimum atomic E-state index is -2.93. The van der Waals surface area contributed by atoms with Crippen molar-refractivity contribution in [2.45, 2.75) is 68.6 Å². The lowest BCUT2D eigenvalue weighted by atomic mass is 9.83. The molecular weight excluding hydrogens is 601 g/mol. The number of nitrogens with one attached hydrogen (secondary N) is 1. The van der Waals surface area contributed by atoms with Crippen molar-refractivity contribution in [1.82, 2.24) is 10.2 Å². The van der Waals surface area contributed by atoms with Gasteiger partial charge in [-0.2, -0.15) is 5.26 Å². The third-order valence-electron chi connectivity index (χ3n) is 8.30. The van der Waals surface area contributed by atoms with E-state index < -0.39 is 72.8 Å². The molecule has 1 saturated heterocycles. The van der Waals surface area contributed by atoms with E-state index >= 15 is 0 Å². The standard InChI is InChI=1S/C30H26ClF3N6O4/c1-16-10-19(14-35)38-27(36-16)39-23(15-44-28(39)43)25(41)40(21-6-3-5-18(32)11-21)30(26(42)37-20-12-29(33,34)13-20)9-8-17-4-2-7-22(31)24(17)30/h2-7,11,16,20,23H,8-10,12-13,15H2,1H3,(H,37,42)/t16?,23-,30-/m0/s1. The van der Waals surface area contributed by atoms with Gasteiger partial charge in [0.25, 0.3) is 17.7 Å². The van der Waals surface area contributed by atoms with Crippen LogP contribution in [0, 0.1) is 17.1 Å². The summed E-state index contributed by atoms with van der Waals surface area (Å²) in [5, 5.41) is 12.3. The summed E-state index contributed by atoms with van der Waals surface area (Å²) in [4.78, 5) is 52.7. The predicted octanol–water partition coefficient (Wildman–Crippen LogP) is 4.50. The maximum Gasteiger partial charge on any atom is 0.417 e. The molecule has 10 nitrogen and oxygen atoms in total. The lowest BCUT2D eigenvalue weighted by Crippen LogP contribution is -2.64. The third kappa shape index (κ3) is 4.96. The van der Waals surface area contributed by atoms with E-state index in [0.29, 0.717) is 5.56 Å². The average Bonchev–Trinajstić information content (AvgIpc) is 3.54. The Bertz CT molecular complexity index is 1670. The van der Waals surface area contributed by atoms with Gasteiger partial charge >= 0.3 is 6.09 Å². The number of alkyl halides is 2. The summed E-state index contributed by atoms with van der Waals surface area (Å²) in [6.45, 7) is 1.25. The molecule has 0 aromatic heterocycles. The number of carbonyl (C=O) groups excluding carboxylic acids is 3. The maximum atomic E-state index is 14.8. The molecule has 1 unspecified atom stereocenters. The number of fused-ring (bicyclic) bond motifs is 1. The summed E-state index contributed by atoms with van der Waals surface area (Å²) in [5.74, 6) is -5.47. The Morgan fingerprint density at radius 2 is 1.98 bits per heavy atom. The van der Waals surface area contributed by atoms with Crippen molar-refractivity contribution in [2.75, 3.05) is 11.5 Å². The highest BCUT2D eigenvalue weighted by molar-refractivity contribution is 6.32. The fraction of sp³-hybridized carbons (Fsp3) is 0.400. The molecule has 44 heavy (non-hydrogen) atoms. The molecule has 0 bridgehead atoms. The van der Waals surface area contributed by atoms with E-state index in [2.05, 4.69) is 15.3 Å². The van der Waals surface area contributed by atoms with Crippen LogP contribution in [0.25, 0.3) is 0 Å². The Balaban J connectivity index is 1.50. The van der Waals surface area contributed by atoms with Gasteiger partial charge in [-0.15, -0.1) is 0 Å². The van der Waals surface area contributed by atoms with Crippen LogP contribution in [0.1, 0.15) is 43.7 Å². The van der Waals surface area contributed by atoms with Gasteiger partial charge in [0.2, 0.25) is 5.96 Å². The molecule has 228 valence electrons. The second-order valence-corrected chi connectivity index (χ2v) is 11.7. The van der Waals surface area contributed by atoms with Gasteiger partial charge in [-0.25, -0.2) is 32.9 Å². The number of ether oxygens (including phenoxy) is 1. The number of halogens is 4. The number of cyclic esters (lactones) is 1. The van der Waals surface area contributed by atoms with Gasteiger partial charge in [0.15, 0.2) is 11.6 Å². The van der Waals surface area contributed by atoms with Crippen molar-refractivity contribution < 1.29 is 32.3 Å². The average molecular weight is 627 g/mol. The fourth-order valence-corrected chi connectivity index (χ4v) is 6.68. The molecule has 6 rings (SSSR count). The maximum absolute atomic E-state index is 14.8. The molecule has 0 spiro atoms. The second-order valence-electron chi connectivity index (χ2n) is 11.3. The summed E-state index contributed by atoms with van der Waals surface area (Å²) < 4.78 is 47.6. The predicted molar refractivity (Wildman–Crippen MR) is 153 cm³/mol. The zero-order valence-corrected chi connectivity index (χ0v) is 24.2. The fourth-order valence-electron chi connectivity index (χ4n) is 6.33. The van der Waals surface area contributed by atoms with E-state index in [9.17, 15) is 32.8 Å². The van der Waals surface area contributed by atoms with Crippen LogP contribution in [0.5, 0.6) is 0 Å². The Morgan fingerprint density at radius 3 is 2.68 bits per heavy atom. The highest BCUT2D eigenvalue weighted by Gasteiger charge is 2.58. The number of guanidine groups is 1. The van der Waals surface area contributed by atoms with Crippen molar-refractivity contribution in [2.24, 2.45) is 9.98 Å². The minimum absolute atomic E-state index is 0.0144. The summed E-state index contributed by atoms with van der Waals surface area (Å²) in [7, 11) is 0. The summed E-state index contributed by atoms with van der Waals surface area (Å²) in [5.41, 5.74) is -0.932. The molecule has 2 aliphatic carbocycles. The molecule has 2 fully saturated rings. The van der Waals surface area contributed by atoms with E-state index in [-0.39, 0.29) is 47.2 Å². The highest BCUT2D eigenvalue weighted by atomic mass is 35.5. The summed E-state index contributed by atoms with van der Waals surface area (Å²) >= 11 is 6.71. The lowest BCUT2D eigenvalue weighted by Gasteiger charge is -2.44. The number of benzene rings is 2. The van der Waals surface area contributed by atoms with Gasteiger partial charge in [0.05, 0.1) is 6.04 Å². The normalized spacial score (nSPS) is 25.6. The summed E-state index contributed by atoms with van der Waals surface area (Å²) in [6.07, 6.45) is -1.60. The van der Waals surface area contributed by atoms with E-state index in [1.807, 2.05) is 6.07 Å². The van der Waals surface area contributed by atoms with Gasteiger partial charge in [0.1, 0.15) is 24.2 Å². The van der Waals surface area contributed by atoms with Crippen molar-refractivity contribution >= 4 is 46.9 Å². The Morgan fingerprint density at radius 1 is 1.23 bits per heavy atom. The first-order valence-electron chi connectivity index (χ1n) is 14.0. The van der Waals surface area contributed by atoms with Crippen LogP contribution < -0.4 is 10.2 Å². The van der Waals surface area contributed by atoms with E-state index in [1.165, 1.54) is 12.1 Å². The number of amides is 3. The van der Waals surface area contributed by atoms with E-state index in [4.69, 9.17) is 16.3 Å². The van der Waals surface area contributed by atoms with Gasteiger partial charge in [-0.3, -0.25) is 14.5 Å². The Labute approximate surface area is 255 Å². The number of rotatable bonds is 5. The first kappa shape index (κ1) is 29.6. The molecule has 1 N–H and O–H groups in total. The molecule has 2 aromatic rings. The molecular formula is C30H26ClF3N6O4. The van der Waals surface area contributed by atoms with Gasteiger partial charge in [-0.05, 0) is 49.6 Å². The van der Waals surface area contributed by atoms with Crippen molar-refractivity contribution in [3.63, 3.8) is 0 Å². The van der Waals surface area contributed by atoms with Crippen LogP contribution in [-0.4, -0.2) is 65.1 Å². The molecule has 1 saturated carbocycles. The minimum Gasteiger partial charge on any atom is -0.446 e. The molecule has 4 aliphatic rings. The first-order chi connectivity index (χ1) is 20.9. The Kier molecular flexibility index (Phi) is 7.36. The molecule has 2 heterocycles. The zero-order chi connectivity index (χ0) is 31.4. The number of aliphatic imine (C=N–C) groups is 2. The summed E-state index contributed by atoms with van der Waals surface area (Å²) in [6, 6.07) is 9.21. The molecule has 14 heteroatoms. The van der Waals surface area contributed by atoms with Crippen LogP contribution in [-0.2, 0) is 26.3 Å². The van der Waals surface area contributed by atoms with Crippen molar-refractivity contribution in [3.8, 4) is 6.07 Å². The number of hydrogen-bond donors (Lipinski definition) is 1. The largest absolute Gasteiger partial charge is 0.446 e. The SMILES string of the molecule is CC1CC(C#N)=NC(N2C(=O)OC[C@H]2C(=O)N(c2cccc(F)c2)[C@@]2(C(=O)NC3CC(F)(F)C3)CCc3cccc(Cl)c32)=N1. The number of nitriles is 1. The molecule has 3 amide bonds. The first-order valence-corrected chi connectivity index (χ1v) is 14.4. The molecule has 0 radical (unpaired) electrons. The van der Waals surface area contributed by atoms with Gasteiger partial charge in [-0.1, -0.05) is 29.8 Å². The van der Waals surface area contributed by atoms with E-state index in [0.717, 1.165) is 21.9 Å². The van der Waals surface area contributed by atoms with Crippen LogP contribution in [0.2, 0.25) is 5.02 Å². The van der Waals surface area contributed by atoms with Crippen LogP contribution in [0.4, 0.5) is 23.7 Å². The topological polar surface area (TPSA) is 127 Å². The van der Waals surface area contributed by atoms with Crippen LogP contribution in [0.3, 0.4) is 0 Å². The Hall–Kier alpha value is -4.44. The molecule has 2 aliphatic heterocycles. The number of hydrogen-bond acceptors (Lipinski definition) is 7. The highest BCUT2D eigenvalue weighted by Crippen LogP contribution is 2.49. The zero-order valence-electron chi connectivity index (χ0n) is 23.4. The van der Waals surface area contributed by atoms with Crippen LogP contribution >= 0.6 is 11.6 Å². The number of carbonyl (C=O) groups is 3. The smallest absolute Gasteiger partial charge is 0.417 e. The number of aryl methyl sites for hydroxylation is 1. The lowest BCUT2D eigenvalue weighted by molar-refractivity contribution is -0.137. The third-order valence-corrected chi connectivity index (χ3v) is 8.62.